The van der Waals surface area contributed by atoms with Crippen molar-refractivity contribution in [2.45, 2.75) is 11.8 Å². The number of aryl methyl sites for hydroxylation is 1. The average Bonchev–Trinajstić information content (AvgIpc) is 2.31. The molecule has 0 saturated carbocycles. The molecule has 0 spiro atoms. The van der Waals surface area contributed by atoms with E-state index in [1.807, 2.05) is 0 Å². The predicted octanol–water partition coefficient (Wildman–Crippen LogP) is 3.00. The van der Waals surface area contributed by atoms with Crippen LogP contribution in [0.15, 0.2) is 39.8 Å². The third-order valence-corrected chi connectivity index (χ3v) is 4.48. The molecule has 2 rings (SSSR count). The number of rotatable bonds is 3. The maximum Gasteiger partial charge on any atom is 0.263 e. The van der Waals surface area contributed by atoms with Crippen LogP contribution in [0.5, 0.6) is 0 Å². The molecule has 0 aliphatic rings. The van der Waals surface area contributed by atoms with Gasteiger partial charge in [0.1, 0.15) is 5.82 Å². The molecule has 1 heterocycles. The highest BCUT2D eigenvalue weighted by Gasteiger charge is 2.18. The number of nitrogens with one attached hydrogen (secondary N) is 1. The predicted molar refractivity (Wildman–Crippen MR) is 76.7 cm³/mol. The van der Waals surface area contributed by atoms with Gasteiger partial charge >= 0.3 is 0 Å². The molecule has 0 amide bonds. The molecule has 0 aliphatic heterocycles. The van der Waals surface area contributed by atoms with Crippen molar-refractivity contribution in [1.82, 2.24) is 9.97 Å². The lowest BCUT2D eigenvalue weighted by Crippen LogP contribution is -2.15. The first-order valence-electron chi connectivity index (χ1n) is 5.16. The first-order chi connectivity index (χ1) is 8.88. The van der Waals surface area contributed by atoms with E-state index in [0.29, 0.717) is 10.0 Å². The van der Waals surface area contributed by atoms with Crippen molar-refractivity contribution in [1.29, 1.82) is 0 Å². The summed E-state index contributed by atoms with van der Waals surface area (Å²) in [6, 6.07) is 6.44. The van der Waals surface area contributed by atoms with Crippen molar-refractivity contribution >= 4 is 43.4 Å². The van der Waals surface area contributed by atoms with Crippen molar-refractivity contribution in [2.75, 3.05) is 4.72 Å². The van der Waals surface area contributed by atoms with Crippen LogP contribution in [-0.2, 0) is 10.0 Å². The number of aromatic nitrogens is 2. The van der Waals surface area contributed by atoms with Crippen LogP contribution >= 0.6 is 27.5 Å². The highest BCUT2D eigenvalue weighted by Crippen LogP contribution is 2.22. The third-order valence-electron chi connectivity index (χ3n) is 2.30. The molecule has 0 fully saturated rings. The molecule has 1 aromatic heterocycles. The van der Waals surface area contributed by atoms with Crippen LogP contribution < -0.4 is 4.72 Å². The van der Waals surface area contributed by atoms with E-state index in [2.05, 4.69) is 30.6 Å². The molecule has 5 nitrogen and oxygen atoms in total. The Morgan fingerprint density at radius 3 is 2.74 bits per heavy atom. The lowest BCUT2D eigenvalue weighted by molar-refractivity contribution is 0.600. The van der Waals surface area contributed by atoms with Gasteiger partial charge in [0.15, 0.2) is 0 Å². The van der Waals surface area contributed by atoms with E-state index in [4.69, 9.17) is 11.6 Å². The zero-order chi connectivity index (χ0) is 14.0. The summed E-state index contributed by atoms with van der Waals surface area (Å²) in [5, 5.41) is -0.0221. The molecule has 100 valence electrons. The van der Waals surface area contributed by atoms with E-state index < -0.39 is 10.0 Å². The summed E-state index contributed by atoms with van der Waals surface area (Å²) >= 11 is 8.86. The van der Waals surface area contributed by atoms with E-state index >= 15 is 0 Å². The quantitative estimate of drug-likeness (QED) is 0.852. The SMILES string of the molecule is Cc1ccc(Br)cc1S(=O)(=O)Nc1ccnc(Cl)n1. The van der Waals surface area contributed by atoms with Crippen LogP contribution in [0.4, 0.5) is 5.82 Å². The molecule has 1 N–H and O–H groups in total. The largest absolute Gasteiger partial charge is 0.263 e. The number of anilines is 1. The normalized spacial score (nSPS) is 11.3. The molecule has 8 heteroatoms. The summed E-state index contributed by atoms with van der Waals surface area (Å²) in [7, 11) is -3.71. The lowest BCUT2D eigenvalue weighted by Gasteiger charge is -2.10. The van der Waals surface area contributed by atoms with E-state index in [0.717, 1.165) is 0 Å². The molecule has 0 bridgehead atoms. The number of nitrogens with zero attached hydrogens (tertiary/aromatic N) is 2. The van der Waals surface area contributed by atoms with Gasteiger partial charge in [0.05, 0.1) is 4.90 Å². The Labute approximate surface area is 124 Å². The summed E-state index contributed by atoms with van der Waals surface area (Å²) in [5.41, 5.74) is 0.635. The van der Waals surface area contributed by atoms with Crippen molar-refractivity contribution in [3.8, 4) is 0 Å². The average molecular weight is 363 g/mol. The Morgan fingerprint density at radius 2 is 2.05 bits per heavy atom. The second-order valence-electron chi connectivity index (χ2n) is 3.73. The van der Waals surface area contributed by atoms with Crippen molar-refractivity contribution in [3.05, 3.63) is 45.8 Å². The molecule has 0 saturated heterocycles. The Kier molecular flexibility index (Phi) is 4.07. The number of hydrogen-bond donors (Lipinski definition) is 1. The monoisotopic (exact) mass is 361 g/mol. The Balaban J connectivity index is 2.40. The lowest BCUT2D eigenvalue weighted by atomic mass is 10.2. The highest BCUT2D eigenvalue weighted by atomic mass is 79.9. The van der Waals surface area contributed by atoms with Gasteiger partial charge in [0.25, 0.3) is 10.0 Å². The van der Waals surface area contributed by atoms with E-state index in [-0.39, 0.29) is 16.0 Å². The summed E-state index contributed by atoms with van der Waals surface area (Å²) in [6.07, 6.45) is 1.38. The molecule has 0 radical (unpaired) electrons. The fourth-order valence-electron chi connectivity index (χ4n) is 1.45. The summed E-state index contributed by atoms with van der Waals surface area (Å²) in [5.74, 6) is 0.124. The van der Waals surface area contributed by atoms with Crippen LogP contribution in [0.2, 0.25) is 5.28 Å². The van der Waals surface area contributed by atoms with Crippen molar-refractivity contribution in [2.24, 2.45) is 0 Å². The van der Waals surface area contributed by atoms with Gasteiger partial charge in [-0.1, -0.05) is 22.0 Å². The molecule has 19 heavy (non-hydrogen) atoms. The molecular weight excluding hydrogens is 354 g/mol. The fraction of sp³-hybridized carbons (Fsp3) is 0.0909. The Morgan fingerprint density at radius 1 is 1.32 bits per heavy atom. The first-order valence-corrected chi connectivity index (χ1v) is 7.81. The summed E-state index contributed by atoms with van der Waals surface area (Å²) in [6.45, 7) is 1.72. The van der Waals surface area contributed by atoms with Crippen LogP contribution in [-0.4, -0.2) is 18.4 Å². The van der Waals surface area contributed by atoms with Crippen LogP contribution in [0.3, 0.4) is 0 Å². The van der Waals surface area contributed by atoms with Gasteiger partial charge in [0.2, 0.25) is 5.28 Å². The van der Waals surface area contributed by atoms with E-state index in [1.54, 1.807) is 19.1 Å². The Hall–Kier alpha value is -1.18. The maximum absolute atomic E-state index is 12.3. The van der Waals surface area contributed by atoms with Crippen LogP contribution in [0.1, 0.15) is 5.56 Å². The van der Waals surface area contributed by atoms with Crippen LogP contribution in [0, 0.1) is 6.92 Å². The van der Waals surface area contributed by atoms with Crippen molar-refractivity contribution < 1.29 is 8.42 Å². The molecule has 0 unspecified atom stereocenters. The summed E-state index contributed by atoms with van der Waals surface area (Å²) in [4.78, 5) is 7.65. The number of hydrogen-bond acceptors (Lipinski definition) is 4. The molecule has 2 aromatic rings. The minimum atomic E-state index is -3.71. The zero-order valence-electron chi connectivity index (χ0n) is 9.76. The van der Waals surface area contributed by atoms with Gasteiger partial charge in [-0.15, -0.1) is 0 Å². The molecule has 0 atom stereocenters. The standard InChI is InChI=1S/C11H9BrClN3O2S/c1-7-2-3-8(12)6-9(7)19(17,18)16-10-4-5-14-11(13)15-10/h2-6H,1H3,(H,14,15,16). The van der Waals surface area contributed by atoms with Gasteiger partial charge in [-0.3, -0.25) is 4.72 Å². The van der Waals surface area contributed by atoms with Gasteiger partial charge < -0.3 is 0 Å². The smallest absolute Gasteiger partial charge is 0.263 e. The second-order valence-corrected chi connectivity index (χ2v) is 6.63. The number of sulfonamides is 1. The maximum atomic E-state index is 12.3. The second kappa shape index (κ2) is 5.44. The van der Waals surface area contributed by atoms with Gasteiger partial charge in [-0.25, -0.2) is 13.4 Å². The van der Waals surface area contributed by atoms with E-state index in [9.17, 15) is 8.42 Å². The summed E-state index contributed by atoms with van der Waals surface area (Å²) < 4.78 is 27.5. The van der Waals surface area contributed by atoms with E-state index in [1.165, 1.54) is 18.3 Å². The first kappa shape index (κ1) is 14.2. The minimum absolute atomic E-state index is 0.0221. The van der Waals surface area contributed by atoms with Gasteiger partial charge in [0, 0.05) is 10.7 Å². The fourth-order valence-corrected chi connectivity index (χ4v) is 3.38. The van der Waals surface area contributed by atoms with Gasteiger partial charge in [-0.2, -0.15) is 4.98 Å². The van der Waals surface area contributed by atoms with Crippen LogP contribution in [0.25, 0.3) is 0 Å². The molecule has 1 aromatic carbocycles. The zero-order valence-corrected chi connectivity index (χ0v) is 12.9. The topological polar surface area (TPSA) is 72.0 Å². The third kappa shape index (κ3) is 3.43. The highest BCUT2D eigenvalue weighted by molar-refractivity contribution is 9.10. The number of halogens is 2. The molecular formula is C11H9BrClN3O2S. The molecule has 0 aliphatic carbocycles. The minimum Gasteiger partial charge on any atom is -0.263 e. The van der Waals surface area contributed by atoms with Gasteiger partial charge in [-0.05, 0) is 42.3 Å². The number of benzene rings is 1. The van der Waals surface area contributed by atoms with Crippen molar-refractivity contribution in [3.63, 3.8) is 0 Å². The Bertz CT molecular complexity index is 722.